The van der Waals surface area contributed by atoms with Crippen molar-refractivity contribution in [2.24, 2.45) is 11.1 Å². The van der Waals surface area contributed by atoms with Crippen LogP contribution in [0.3, 0.4) is 0 Å². The van der Waals surface area contributed by atoms with Gasteiger partial charge in [0.25, 0.3) is 5.91 Å². The highest BCUT2D eigenvalue weighted by Crippen LogP contribution is 2.22. The topological polar surface area (TPSA) is 94.0 Å². The molecule has 24 heavy (non-hydrogen) atoms. The number of rotatable bonds is 5. The lowest BCUT2D eigenvalue weighted by Crippen LogP contribution is -2.45. The van der Waals surface area contributed by atoms with Crippen LogP contribution in [0.25, 0.3) is 11.4 Å². The molecule has 1 amide bonds. The standard InChI is InChI=1S/C18H26N4O2/c1-17(2,3)10-14-21-15(22-24-14)12-7-6-8-13(9-12)16(23)20-11-18(4,5)19/h6-9H,10-11,19H2,1-5H3,(H,20,23). The summed E-state index contributed by atoms with van der Waals surface area (Å²) in [5.74, 6) is 0.911. The molecule has 0 saturated carbocycles. The lowest BCUT2D eigenvalue weighted by Gasteiger charge is -2.18. The quantitative estimate of drug-likeness (QED) is 0.879. The number of nitrogens with zero attached hydrogens (tertiary/aromatic N) is 2. The van der Waals surface area contributed by atoms with Gasteiger partial charge in [0.05, 0.1) is 0 Å². The van der Waals surface area contributed by atoms with Gasteiger partial charge >= 0.3 is 0 Å². The van der Waals surface area contributed by atoms with Crippen LogP contribution in [-0.2, 0) is 6.42 Å². The fourth-order valence-corrected chi connectivity index (χ4v) is 2.11. The number of hydrogen-bond acceptors (Lipinski definition) is 5. The molecule has 2 rings (SSSR count). The van der Waals surface area contributed by atoms with E-state index >= 15 is 0 Å². The summed E-state index contributed by atoms with van der Waals surface area (Å²) in [6.07, 6.45) is 0.700. The lowest BCUT2D eigenvalue weighted by molar-refractivity contribution is 0.0946. The molecule has 0 aliphatic heterocycles. The highest BCUT2D eigenvalue weighted by Gasteiger charge is 2.18. The van der Waals surface area contributed by atoms with Crippen LogP contribution in [0.4, 0.5) is 0 Å². The molecule has 0 saturated heterocycles. The van der Waals surface area contributed by atoms with Gasteiger partial charge in [-0.2, -0.15) is 4.98 Å². The number of carbonyl (C=O) groups is 1. The van der Waals surface area contributed by atoms with Crippen molar-refractivity contribution in [2.45, 2.75) is 46.6 Å². The van der Waals surface area contributed by atoms with E-state index < -0.39 is 5.54 Å². The molecule has 0 radical (unpaired) electrons. The maximum absolute atomic E-state index is 12.2. The number of nitrogens with two attached hydrogens (primary N) is 1. The Morgan fingerprint density at radius 3 is 2.58 bits per heavy atom. The Kier molecular flexibility index (Phi) is 5.08. The van der Waals surface area contributed by atoms with Gasteiger partial charge in [0.2, 0.25) is 11.7 Å². The molecule has 0 aliphatic carbocycles. The van der Waals surface area contributed by atoms with Crippen molar-refractivity contribution in [1.29, 1.82) is 0 Å². The van der Waals surface area contributed by atoms with Gasteiger partial charge in [-0.1, -0.05) is 38.1 Å². The highest BCUT2D eigenvalue weighted by molar-refractivity contribution is 5.95. The zero-order valence-corrected chi connectivity index (χ0v) is 15.0. The summed E-state index contributed by atoms with van der Waals surface area (Å²) >= 11 is 0. The molecule has 3 N–H and O–H groups in total. The van der Waals surface area contributed by atoms with Crippen LogP contribution < -0.4 is 11.1 Å². The van der Waals surface area contributed by atoms with Crippen molar-refractivity contribution in [3.63, 3.8) is 0 Å². The number of aromatic nitrogens is 2. The maximum atomic E-state index is 12.2. The maximum Gasteiger partial charge on any atom is 0.251 e. The van der Waals surface area contributed by atoms with Crippen LogP contribution in [0.5, 0.6) is 0 Å². The van der Waals surface area contributed by atoms with Gasteiger partial charge in [0.1, 0.15) is 0 Å². The number of benzene rings is 1. The smallest absolute Gasteiger partial charge is 0.251 e. The molecular weight excluding hydrogens is 304 g/mol. The molecule has 130 valence electrons. The van der Waals surface area contributed by atoms with Crippen LogP contribution >= 0.6 is 0 Å². The Morgan fingerprint density at radius 2 is 1.96 bits per heavy atom. The third-order valence-electron chi connectivity index (χ3n) is 3.24. The molecule has 0 unspecified atom stereocenters. The molecular formula is C18H26N4O2. The minimum atomic E-state index is -0.456. The van der Waals surface area contributed by atoms with Crippen LogP contribution in [-0.4, -0.2) is 28.1 Å². The number of nitrogens with one attached hydrogen (secondary N) is 1. The molecule has 6 heteroatoms. The summed E-state index contributed by atoms with van der Waals surface area (Å²) < 4.78 is 5.31. The van der Waals surface area contributed by atoms with E-state index in [1.807, 2.05) is 19.9 Å². The van der Waals surface area contributed by atoms with Crippen molar-refractivity contribution in [3.8, 4) is 11.4 Å². The molecule has 6 nitrogen and oxygen atoms in total. The van der Waals surface area contributed by atoms with Gasteiger partial charge in [-0.15, -0.1) is 0 Å². The average molecular weight is 330 g/mol. The Bertz CT molecular complexity index is 708. The highest BCUT2D eigenvalue weighted by atomic mass is 16.5. The molecule has 1 aromatic carbocycles. The minimum Gasteiger partial charge on any atom is -0.350 e. The first kappa shape index (κ1) is 18.1. The lowest BCUT2D eigenvalue weighted by atomic mass is 9.92. The monoisotopic (exact) mass is 330 g/mol. The van der Waals surface area contributed by atoms with Gasteiger partial charge in [-0.05, 0) is 31.4 Å². The summed E-state index contributed by atoms with van der Waals surface area (Å²) in [6.45, 7) is 10.5. The second-order valence-electron chi connectivity index (χ2n) is 8.00. The van der Waals surface area contributed by atoms with E-state index in [0.717, 1.165) is 5.56 Å². The van der Waals surface area contributed by atoms with Crippen LogP contribution in [0, 0.1) is 5.41 Å². The Balaban J connectivity index is 2.14. The van der Waals surface area contributed by atoms with Gasteiger partial charge in [-0.3, -0.25) is 4.79 Å². The summed E-state index contributed by atoms with van der Waals surface area (Å²) in [5, 5.41) is 6.84. The summed E-state index contributed by atoms with van der Waals surface area (Å²) in [4.78, 5) is 16.7. The third kappa shape index (κ3) is 5.45. The Hall–Kier alpha value is -2.21. The zero-order chi connectivity index (χ0) is 18.0. The van der Waals surface area contributed by atoms with Gasteiger partial charge in [0, 0.05) is 29.6 Å². The molecule has 0 atom stereocenters. The number of amides is 1. The summed E-state index contributed by atoms with van der Waals surface area (Å²) in [5.41, 5.74) is 6.79. The first-order valence-corrected chi connectivity index (χ1v) is 8.04. The van der Waals surface area contributed by atoms with Crippen molar-refractivity contribution in [2.75, 3.05) is 6.54 Å². The van der Waals surface area contributed by atoms with Crippen molar-refractivity contribution in [1.82, 2.24) is 15.5 Å². The van der Waals surface area contributed by atoms with E-state index in [1.54, 1.807) is 18.2 Å². The third-order valence-corrected chi connectivity index (χ3v) is 3.24. The molecule has 1 aromatic heterocycles. The normalized spacial score (nSPS) is 12.2. The van der Waals surface area contributed by atoms with Crippen molar-refractivity contribution < 1.29 is 9.32 Å². The first-order valence-electron chi connectivity index (χ1n) is 8.04. The number of hydrogen-bond donors (Lipinski definition) is 2. The molecule has 0 fully saturated rings. The molecule has 0 aliphatic rings. The van der Waals surface area contributed by atoms with E-state index in [1.165, 1.54) is 0 Å². The predicted molar refractivity (Wildman–Crippen MR) is 93.5 cm³/mol. The Labute approximate surface area is 142 Å². The fourth-order valence-electron chi connectivity index (χ4n) is 2.11. The zero-order valence-electron chi connectivity index (χ0n) is 15.0. The van der Waals surface area contributed by atoms with Crippen molar-refractivity contribution in [3.05, 3.63) is 35.7 Å². The Morgan fingerprint density at radius 1 is 1.25 bits per heavy atom. The van der Waals surface area contributed by atoms with Crippen LogP contribution in [0.15, 0.2) is 28.8 Å². The van der Waals surface area contributed by atoms with E-state index in [0.29, 0.717) is 30.2 Å². The molecule has 2 aromatic rings. The summed E-state index contributed by atoms with van der Waals surface area (Å²) in [6, 6.07) is 7.16. The van der Waals surface area contributed by atoms with E-state index in [9.17, 15) is 4.79 Å². The SMILES string of the molecule is CC(C)(C)Cc1nc(-c2cccc(C(=O)NCC(C)(C)N)c2)no1. The first-order chi connectivity index (χ1) is 11.0. The van der Waals surface area contributed by atoms with Crippen LogP contribution in [0.2, 0.25) is 0 Å². The van der Waals surface area contributed by atoms with E-state index in [-0.39, 0.29) is 11.3 Å². The minimum absolute atomic E-state index is 0.0700. The molecule has 0 bridgehead atoms. The fraction of sp³-hybridized carbons (Fsp3) is 0.500. The van der Waals surface area contributed by atoms with Gasteiger partial charge < -0.3 is 15.6 Å². The van der Waals surface area contributed by atoms with Gasteiger partial charge in [0.15, 0.2) is 0 Å². The van der Waals surface area contributed by atoms with Crippen LogP contribution in [0.1, 0.15) is 50.9 Å². The summed E-state index contributed by atoms with van der Waals surface area (Å²) in [7, 11) is 0. The molecule has 0 spiro atoms. The van der Waals surface area contributed by atoms with E-state index in [2.05, 4.69) is 36.2 Å². The van der Waals surface area contributed by atoms with Crippen molar-refractivity contribution >= 4 is 5.91 Å². The van der Waals surface area contributed by atoms with Gasteiger partial charge in [-0.25, -0.2) is 0 Å². The van der Waals surface area contributed by atoms with E-state index in [4.69, 9.17) is 10.3 Å². The number of carbonyl (C=O) groups excluding carboxylic acids is 1. The molecule has 1 heterocycles. The average Bonchev–Trinajstić information content (AvgIpc) is 2.90. The largest absolute Gasteiger partial charge is 0.350 e. The second kappa shape index (κ2) is 6.73. The predicted octanol–water partition coefficient (Wildman–Crippen LogP) is 2.79. The second-order valence-corrected chi connectivity index (χ2v) is 8.00.